The average molecular weight is 632 g/mol. The van der Waals surface area contributed by atoms with E-state index in [0.29, 0.717) is 11.3 Å². The largest absolute Gasteiger partial charge is 0.506 e. The van der Waals surface area contributed by atoms with Gasteiger partial charge in [-0.1, -0.05) is 36.9 Å². The Labute approximate surface area is 244 Å². The monoisotopic (exact) mass is 631 g/mol. The Morgan fingerprint density at radius 3 is 2.60 bits per heavy atom. The molecule has 1 fully saturated rings. The second-order valence-corrected chi connectivity index (χ2v) is 12.4. The molecule has 4 unspecified atom stereocenters. The molecule has 0 radical (unpaired) electrons. The molecule has 2 aromatic rings. The van der Waals surface area contributed by atoms with Crippen LogP contribution in [0.3, 0.4) is 0 Å². The maximum Gasteiger partial charge on any atom is 0.351 e. The zero-order valence-electron chi connectivity index (χ0n) is 23.8. The van der Waals surface area contributed by atoms with E-state index in [1.165, 1.54) is 18.5 Å². The van der Waals surface area contributed by atoms with E-state index in [-0.39, 0.29) is 35.5 Å². The van der Waals surface area contributed by atoms with Gasteiger partial charge in [0.25, 0.3) is 8.18 Å². The zero-order valence-corrected chi connectivity index (χ0v) is 25.9. The van der Waals surface area contributed by atoms with Gasteiger partial charge in [-0.05, 0) is 13.0 Å². The number of hydrogen-bond acceptors (Lipinski definition) is 11. The number of carbonyl (C=O) groups is 2. The van der Waals surface area contributed by atoms with Crippen molar-refractivity contribution in [2.24, 2.45) is 11.8 Å². The molecule has 0 spiro atoms. The number of aromatic nitrogens is 3. The van der Waals surface area contributed by atoms with Gasteiger partial charge in [-0.15, -0.1) is 0 Å². The number of aliphatic hydroxyl groups excluding tert-OH is 1. The summed E-state index contributed by atoms with van der Waals surface area (Å²) >= 11 is 0. The molecule has 1 saturated heterocycles. The molecule has 6 atom stereocenters. The lowest BCUT2D eigenvalue weighted by atomic mass is 10.1. The van der Waals surface area contributed by atoms with Crippen molar-refractivity contribution in [2.75, 3.05) is 11.9 Å². The molecular formula is C25H36FN5O9P2. The number of nitrogens with zero attached hydrogens (tertiary/aromatic N) is 3. The molecule has 1 aliphatic heterocycles. The lowest BCUT2D eigenvalue weighted by molar-refractivity contribution is -0.159. The van der Waals surface area contributed by atoms with Crippen LogP contribution in [-0.2, 0) is 41.3 Å². The fourth-order valence-corrected chi connectivity index (χ4v) is 5.18. The number of anilines is 1. The molecule has 232 valence electrons. The highest BCUT2D eigenvalue weighted by atomic mass is 31.1. The van der Waals surface area contributed by atoms with Crippen molar-refractivity contribution >= 4 is 35.1 Å². The predicted octanol–water partition coefficient (Wildman–Crippen LogP) is 1.94. The van der Waals surface area contributed by atoms with E-state index in [0.717, 1.165) is 4.57 Å². The van der Waals surface area contributed by atoms with Crippen LogP contribution in [0.25, 0.3) is 0 Å². The van der Waals surface area contributed by atoms with Crippen molar-refractivity contribution in [3.05, 3.63) is 45.8 Å². The number of esters is 1. The van der Waals surface area contributed by atoms with Crippen LogP contribution in [0.2, 0.25) is 0 Å². The van der Waals surface area contributed by atoms with E-state index in [4.69, 9.17) is 14.0 Å². The molecule has 1 amide bonds. The Kier molecular flexibility index (Phi) is 11.3. The van der Waals surface area contributed by atoms with Gasteiger partial charge in [0, 0.05) is 36.0 Å². The quantitative estimate of drug-likeness (QED) is 0.197. The maximum atomic E-state index is 16.3. The van der Waals surface area contributed by atoms with Gasteiger partial charge in [0.15, 0.2) is 12.3 Å². The second kappa shape index (κ2) is 14.1. The van der Waals surface area contributed by atoms with Gasteiger partial charge in [0.1, 0.15) is 17.7 Å². The standard InChI is InChI=1S/C25H36FN5O9P2/c1-12(2)21(34)29-18-6-7-31(24(36)30-18)23-25(26,41)20(40-22(35)13(3)4)17(39-23)11-38-42(37)28-9-16-15(10-32)8-27-14(5)19(16)33/h6-8,12-13,17,20,23,32-33,42H,9-11,41H2,1-5H3,(H,28,37)(H,29,30,34,36)/t17-,20?,23-,25?/m1/s1. The maximum absolute atomic E-state index is 16.3. The molecule has 3 rings (SSSR count). The second-order valence-electron chi connectivity index (χ2n) is 10.3. The number of ether oxygens (including phenoxy) is 2. The van der Waals surface area contributed by atoms with Gasteiger partial charge in [-0.2, -0.15) is 4.98 Å². The van der Waals surface area contributed by atoms with Crippen LogP contribution in [-0.4, -0.2) is 60.8 Å². The molecule has 0 saturated carbocycles. The molecule has 42 heavy (non-hydrogen) atoms. The Morgan fingerprint density at radius 2 is 2.00 bits per heavy atom. The number of aryl methyl sites for hydroxylation is 1. The molecule has 0 aromatic carbocycles. The molecule has 2 aromatic heterocycles. The van der Waals surface area contributed by atoms with Crippen molar-refractivity contribution in [1.82, 2.24) is 19.6 Å². The fourth-order valence-electron chi connectivity index (χ4n) is 3.92. The van der Waals surface area contributed by atoms with Gasteiger partial charge in [-0.25, -0.2) is 14.3 Å². The van der Waals surface area contributed by atoms with Crippen LogP contribution < -0.4 is 16.1 Å². The highest BCUT2D eigenvalue weighted by molar-refractivity contribution is 7.36. The highest BCUT2D eigenvalue weighted by Crippen LogP contribution is 2.48. The minimum Gasteiger partial charge on any atom is -0.506 e. The number of alkyl halides is 1. The molecule has 17 heteroatoms. The van der Waals surface area contributed by atoms with E-state index >= 15 is 4.39 Å². The van der Waals surface area contributed by atoms with E-state index in [9.17, 15) is 29.2 Å². The van der Waals surface area contributed by atoms with Crippen molar-refractivity contribution in [1.29, 1.82) is 0 Å². The fraction of sp³-hybridized carbons (Fsp3) is 0.560. The Hall–Kier alpha value is -2.80. The Balaban J connectivity index is 1.78. The first kappa shape index (κ1) is 33.7. The predicted molar refractivity (Wildman–Crippen MR) is 152 cm³/mol. The van der Waals surface area contributed by atoms with Crippen molar-refractivity contribution in [2.45, 2.75) is 71.6 Å². The van der Waals surface area contributed by atoms with Crippen LogP contribution in [0, 0.1) is 18.8 Å². The summed E-state index contributed by atoms with van der Waals surface area (Å²) < 4.78 is 46.4. The van der Waals surface area contributed by atoms with E-state index in [1.54, 1.807) is 34.6 Å². The first-order valence-corrected chi connectivity index (χ1v) is 15.0. The third kappa shape index (κ3) is 7.77. The summed E-state index contributed by atoms with van der Waals surface area (Å²) in [7, 11) is -1.12. The number of rotatable bonds is 12. The third-order valence-electron chi connectivity index (χ3n) is 6.42. The smallest absolute Gasteiger partial charge is 0.351 e. The summed E-state index contributed by atoms with van der Waals surface area (Å²) in [5.41, 5.74) is -0.0314. The Morgan fingerprint density at radius 1 is 1.31 bits per heavy atom. The molecule has 3 heterocycles. The first-order chi connectivity index (χ1) is 19.7. The Bertz CT molecular complexity index is 1390. The van der Waals surface area contributed by atoms with Gasteiger partial charge < -0.3 is 29.5 Å². The molecule has 0 aliphatic carbocycles. The summed E-state index contributed by atoms with van der Waals surface area (Å²) in [6.07, 6.45) is -1.96. The summed E-state index contributed by atoms with van der Waals surface area (Å²) in [6.45, 7) is 6.95. The minimum absolute atomic E-state index is 0.0340. The lowest BCUT2D eigenvalue weighted by Gasteiger charge is -2.28. The number of carbonyl (C=O) groups excluding carboxylic acids is 2. The lowest BCUT2D eigenvalue weighted by Crippen LogP contribution is -2.44. The molecule has 0 bridgehead atoms. The summed E-state index contributed by atoms with van der Waals surface area (Å²) in [5, 5.41) is 22.4. The van der Waals surface area contributed by atoms with Gasteiger partial charge in [0.2, 0.25) is 11.3 Å². The number of pyridine rings is 1. The number of aliphatic hydroxyl groups is 1. The summed E-state index contributed by atoms with van der Waals surface area (Å²) in [5.74, 6) is -2.29. The van der Waals surface area contributed by atoms with Crippen LogP contribution in [0.4, 0.5) is 10.2 Å². The van der Waals surface area contributed by atoms with Crippen LogP contribution >= 0.6 is 17.4 Å². The molecule has 14 nitrogen and oxygen atoms in total. The number of nitrogens with one attached hydrogen (secondary N) is 2. The number of aromatic hydroxyl groups is 1. The number of amides is 1. The van der Waals surface area contributed by atoms with Gasteiger partial charge in [0.05, 0.1) is 24.8 Å². The topological polar surface area (TPSA) is 191 Å². The van der Waals surface area contributed by atoms with Crippen LogP contribution in [0.15, 0.2) is 23.3 Å². The van der Waals surface area contributed by atoms with E-state index < -0.39 is 62.8 Å². The SMILES string of the molecule is Cc1ncc(CO)c(CN[PH](=O)OC[C@H]2O[C@@H](n3ccc(NC(=O)C(C)C)nc3=O)C(F)(P)C2OC(=O)C(C)C)c1O. The average Bonchev–Trinajstić information content (AvgIpc) is 3.17. The van der Waals surface area contributed by atoms with Crippen molar-refractivity contribution < 1.29 is 42.8 Å². The summed E-state index contributed by atoms with van der Waals surface area (Å²) in [4.78, 5) is 44.9. The first-order valence-electron chi connectivity index (χ1n) is 13.1. The van der Waals surface area contributed by atoms with E-state index in [1.807, 2.05) is 9.24 Å². The van der Waals surface area contributed by atoms with Crippen molar-refractivity contribution in [3.8, 4) is 5.75 Å². The highest BCUT2D eigenvalue weighted by Gasteiger charge is 2.58. The van der Waals surface area contributed by atoms with Crippen LogP contribution in [0.1, 0.15) is 50.7 Å². The third-order valence-corrected chi connectivity index (χ3v) is 7.93. The van der Waals surface area contributed by atoms with Gasteiger partial charge in [-0.3, -0.25) is 23.7 Å². The normalized spacial score (nSPS) is 22.9. The molecule has 1 aliphatic rings. The molecule has 4 N–H and O–H groups in total. The minimum atomic E-state index is -3.03. The van der Waals surface area contributed by atoms with Gasteiger partial charge >= 0.3 is 11.7 Å². The molecular weight excluding hydrogens is 595 g/mol. The number of halogens is 1. The van der Waals surface area contributed by atoms with Crippen molar-refractivity contribution in [3.63, 3.8) is 0 Å². The van der Waals surface area contributed by atoms with Crippen LogP contribution in [0.5, 0.6) is 5.75 Å². The van der Waals surface area contributed by atoms with E-state index in [2.05, 4.69) is 20.4 Å². The number of hydrogen-bond donors (Lipinski definition) is 4. The zero-order chi connectivity index (χ0) is 31.4. The summed E-state index contributed by atoms with van der Waals surface area (Å²) in [6, 6.07) is 1.30.